The van der Waals surface area contributed by atoms with Gasteiger partial charge in [-0.05, 0) is 24.3 Å². The van der Waals surface area contributed by atoms with Crippen molar-refractivity contribution >= 4 is 11.7 Å². The van der Waals surface area contributed by atoms with Gasteiger partial charge in [0, 0.05) is 12.8 Å². The fourth-order valence-electron chi connectivity index (χ4n) is 0.931. The van der Waals surface area contributed by atoms with Gasteiger partial charge in [0.05, 0.1) is 13.2 Å². The van der Waals surface area contributed by atoms with Crippen LogP contribution in [0.25, 0.3) is 0 Å². The lowest BCUT2D eigenvalue weighted by Gasteiger charge is -2.07. The summed E-state index contributed by atoms with van der Waals surface area (Å²) < 4.78 is 17.3. The van der Waals surface area contributed by atoms with Gasteiger partial charge in [-0.1, -0.05) is 0 Å². The summed E-state index contributed by atoms with van der Waals surface area (Å²) in [6, 6.07) is 4.87. The van der Waals surface area contributed by atoms with Crippen molar-refractivity contribution in [2.24, 2.45) is 0 Å². The van der Waals surface area contributed by atoms with E-state index in [1.165, 1.54) is 31.4 Å². The van der Waals surface area contributed by atoms with E-state index in [2.05, 4.69) is 10.8 Å². The minimum atomic E-state index is -0.525. The number of benzene rings is 1. The number of amides is 2. The zero-order valence-electron chi connectivity index (χ0n) is 8.83. The van der Waals surface area contributed by atoms with Crippen LogP contribution < -0.4 is 10.8 Å². The minimum absolute atomic E-state index is 0.257. The molecular weight excluding hydrogens is 215 g/mol. The summed E-state index contributed by atoms with van der Waals surface area (Å²) in [5, 5.41) is 2.46. The Bertz CT molecular complexity index is 329. The van der Waals surface area contributed by atoms with Gasteiger partial charge in [-0.2, -0.15) is 0 Å². The Labute approximate surface area is 92.5 Å². The van der Waals surface area contributed by atoms with Crippen molar-refractivity contribution in [2.75, 3.05) is 25.6 Å². The van der Waals surface area contributed by atoms with Gasteiger partial charge >= 0.3 is 6.03 Å². The lowest BCUT2D eigenvalue weighted by Crippen LogP contribution is -2.30. The number of rotatable bonds is 5. The van der Waals surface area contributed by atoms with Crippen LogP contribution in [-0.4, -0.2) is 26.4 Å². The Morgan fingerprint density at radius 3 is 2.62 bits per heavy atom. The second kappa shape index (κ2) is 6.76. The first-order chi connectivity index (χ1) is 7.72. The number of hydrogen-bond donors (Lipinski definition) is 2. The van der Waals surface area contributed by atoms with Crippen molar-refractivity contribution in [3.05, 3.63) is 30.1 Å². The number of nitrogens with one attached hydrogen (secondary N) is 2. The van der Waals surface area contributed by atoms with Crippen LogP contribution in [0, 0.1) is 5.82 Å². The molecule has 0 aliphatic carbocycles. The van der Waals surface area contributed by atoms with E-state index in [9.17, 15) is 9.18 Å². The topological polar surface area (TPSA) is 59.6 Å². The molecule has 0 saturated heterocycles. The summed E-state index contributed by atoms with van der Waals surface area (Å²) in [6.45, 7) is 0.643. The molecule has 2 N–H and O–H groups in total. The Hall–Kier alpha value is -1.66. The Kier molecular flexibility index (Phi) is 5.24. The van der Waals surface area contributed by atoms with E-state index in [0.717, 1.165) is 0 Å². The van der Waals surface area contributed by atoms with E-state index in [1.807, 2.05) is 0 Å². The molecule has 0 atom stereocenters. The Morgan fingerprint density at radius 1 is 1.31 bits per heavy atom. The summed E-state index contributed by atoms with van der Waals surface area (Å²) >= 11 is 0. The van der Waals surface area contributed by atoms with Crippen LogP contribution in [0.3, 0.4) is 0 Å². The second-order valence-electron chi connectivity index (χ2n) is 2.90. The highest BCUT2D eigenvalue weighted by Crippen LogP contribution is 2.07. The maximum atomic E-state index is 12.5. The van der Waals surface area contributed by atoms with Crippen LogP contribution in [0.1, 0.15) is 0 Å². The standard InChI is InChI=1S/C10H13FN2O3/c1-15-6-7-16-13-10(14)12-9-4-2-8(11)3-5-9/h2-5H,6-7H2,1H3,(H2,12,13,14). The van der Waals surface area contributed by atoms with Crippen LogP contribution in [0.4, 0.5) is 14.9 Å². The normalized spacial score (nSPS) is 9.88. The van der Waals surface area contributed by atoms with Crippen LogP contribution in [0.5, 0.6) is 0 Å². The Morgan fingerprint density at radius 2 is 2.00 bits per heavy atom. The molecule has 0 saturated carbocycles. The van der Waals surface area contributed by atoms with Crippen molar-refractivity contribution in [3.8, 4) is 0 Å². The highest BCUT2D eigenvalue weighted by molar-refractivity contribution is 5.88. The van der Waals surface area contributed by atoms with Gasteiger partial charge in [0.25, 0.3) is 0 Å². The first kappa shape index (κ1) is 12.4. The maximum Gasteiger partial charge on any atom is 0.343 e. The zero-order chi connectivity index (χ0) is 11.8. The largest absolute Gasteiger partial charge is 0.382 e. The SMILES string of the molecule is COCCONC(=O)Nc1ccc(F)cc1. The van der Waals surface area contributed by atoms with Gasteiger partial charge in [0.2, 0.25) is 0 Å². The van der Waals surface area contributed by atoms with E-state index in [4.69, 9.17) is 9.57 Å². The van der Waals surface area contributed by atoms with E-state index in [1.54, 1.807) is 0 Å². The highest BCUT2D eigenvalue weighted by Gasteiger charge is 2.00. The smallest absolute Gasteiger partial charge is 0.343 e. The maximum absolute atomic E-state index is 12.5. The molecule has 2 amide bonds. The molecule has 1 aromatic carbocycles. The summed E-state index contributed by atoms with van der Waals surface area (Å²) in [5.41, 5.74) is 2.64. The van der Waals surface area contributed by atoms with Crippen molar-refractivity contribution in [1.82, 2.24) is 5.48 Å². The number of halogens is 1. The number of carbonyl (C=O) groups excluding carboxylic acids is 1. The van der Waals surface area contributed by atoms with Gasteiger partial charge in [0.15, 0.2) is 0 Å². The number of ether oxygens (including phenoxy) is 1. The van der Waals surface area contributed by atoms with Crippen LogP contribution >= 0.6 is 0 Å². The highest BCUT2D eigenvalue weighted by atomic mass is 19.1. The van der Waals surface area contributed by atoms with E-state index < -0.39 is 6.03 Å². The van der Waals surface area contributed by atoms with Gasteiger partial charge in [-0.25, -0.2) is 14.7 Å². The fraction of sp³-hybridized carbons (Fsp3) is 0.300. The lowest BCUT2D eigenvalue weighted by atomic mass is 10.3. The van der Waals surface area contributed by atoms with E-state index in [0.29, 0.717) is 12.3 Å². The molecule has 16 heavy (non-hydrogen) atoms. The van der Waals surface area contributed by atoms with E-state index >= 15 is 0 Å². The Balaban J connectivity index is 2.26. The predicted octanol–water partition coefficient (Wildman–Crippen LogP) is 1.53. The average molecular weight is 228 g/mol. The summed E-state index contributed by atoms with van der Waals surface area (Å²) in [5.74, 6) is -0.359. The van der Waals surface area contributed by atoms with Crippen molar-refractivity contribution < 1.29 is 18.8 Å². The molecule has 0 fully saturated rings. The zero-order valence-corrected chi connectivity index (χ0v) is 8.83. The van der Waals surface area contributed by atoms with Gasteiger partial charge in [-0.3, -0.25) is 4.84 Å². The summed E-state index contributed by atoms with van der Waals surface area (Å²) in [7, 11) is 1.53. The molecule has 1 aromatic rings. The molecule has 0 radical (unpaired) electrons. The first-order valence-electron chi connectivity index (χ1n) is 4.65. The van der Waals surface area contributed by atoms with Crippen LogP contribution in [0.15, 0.2) is 24.3 Å². The molecule has 88 valence electrons. The third kappa shape index (κ3) is 4.72. The molecule has 0 aliphatic rings. The fourth-order valence-corrected chi connectivity index (χ4v) is 0.931. The van der Waals surface area contributed by atoms with Gasteiger partial charge in [-0.15, -0.1) is 0 Å². The average Bonchev–Trinajstić information content (AvgIpc) is 2.28. The van der Waals surface area contributed by atoms with Gasteiger partial charge in [0.1, 0.15) is 5.82 Å². The van der Waals surface area contributed by atoms with Crippen LogP contribution in [0.2, 0.25) is 0 Å². The number of methoxy groups -OCH3 is 1. The summed E-state index contributed by atoms with van der Waals surface area (Å²) in [6.07, 6.45) is 0. The van der Waals surface area contributed by atoms with Crippen LogP contribution in [-0.2, 0) is 9.57 Å². The minimum Gasteiger partial charge on any atom is -0.382 e. The van der Waals surface area contributed by atoms with Crippen molar-refractivity contribution in [1.29, 1.82) is 0 Å². The third-order valence-electron chi connectivity index (χ3n) is 1.66. The van der Waals surface area contributed by atoms with Gasteiger partial charge < -0.3 is 10.1 Å². The molecule has 5 nitrogen and oxygen atoms in total. The molecule has 1 rings (SSSR count). The number of hydrogen-bond acceptors (Lipinski definition) is 3. The predicted molar refractivity (Wildman–Crippen MR) is 56.4 cm³/mol. The van der Waals surface area contributed by atoms with Crippen molar-refractivity contribution in [2.45, 2.75) is 0 Å². The second-order valence-corrected chi connectivity index (χ2v) is 2.90. The number of urea groups is 1. The lowest BCUT2D eigenvalue weighted by molar-refractivity contribution is 0.0272. The molecule has 0 unspecified atom stereocenters. The number of hydroxylamine groups is 1. The first-order valence-corrected chi connectivity index (χ1v) is 4.65. The quantitative estimate of drug-likeness (QED) is 0.593. The molecule has 6 heteroatoms. The monoisotopic (exact) mass is 228 g/mol. The molecule has 0 bridgehead atoms. The molecule has 0 aromatic heterocycles. The van der Waals surface area contributed by atoms with E-state index in [-0.39, 0.29) is 12.4 Å². The van der Waals surface area contributed by atoms with Crippen molar-refractivity contribution in [3.63, 3.8) is 0 Å². The summed E-state index contributed by atoms with van der Waals surface area (Å²) in [4.78, 5) is 15.9. The third-order valence-corrected chi connectivity index (χ3v) is 1.66. The number of anilines is 1. The molecule has 0 spiro atoms. The molecular formula is C10H13FN2O3. The molecule has 0 aliphatic heterocycles. The molecule has 0 heterocycles. The number of carbonyl (C=O) groups is 1.